The lowest BCUT2D eigenvalue weighted by atomic mass is 10.0. The lowest BCUT2D eigenvalue weighted by molar-refractivity contribution is -0.119. The molecule has 1 rings (SSSR count). The lowest BCUT2D eigenvalue weighted by Crippen LogP contribution is -2.21. The van der Waals surface area contributed by atoms with Gasteiger partial charge < -0.3 is 20.5 Å². The van der Waals surface area contributed by atoms with Gasteiger partial charge in [-0.15, -0.1) is 0 Å². The molecule has 0 saturated carbocycles. The van der Waals surface area contributed by atoms with Crippen LogP contribution in [0.5, 0.6) is 11.5 Å². The Morgan fingerprint density at radius 1 is 1.26 bits per heavy atom. The molecule has 1 aromatic carbocycles. The standard InChI is InChI=1S/C14H22N2O3/c1-10(5-4-6-15)14(17)16-11-7-12(18-2)9-13(8-11)19-3/h7-10H,4-6,15H2,1-3H3,(H,16,17). The number of hydrogen-bond acceptors (Lipinski definition) is 4. The number of hydrogen-bond donors (Lipinski definition) is 2. The van der Waals surface area contributed by atoms with E-state index in [1.807, 2.05) is 6.92 Å². The molecule has 1 amide bonds. The summed E-state index contributed by atoms with van der Waals surface area (Å²) >= 11 is 0. The summed E-state index contributed by atoms with van der Waals surface area (Å²) in [7, 11) is 3.15. The van der Waals surface area contributed by atoms with Crippen LogP contribution in [0.2, 0.25) is 0 Å². The van der Waals surface area contributed by atoms with Crippen LogP contribution in [0.4, 0.5) is 5.69 Å². The number of nitrogens with one attached hydrogen (secondary N) is 1. The fourth-order valence-electron chi connectivity index (χ4n) is 1.70. The molecule has 5 heteroatoms. The molecule has 3 N–H and O–H groups in total. The number of amides is 1. The Bertz CT molecular complexity index is 399. The van der Waals surface area contributed by atoms with E-state index in [1.54, 1.807) is 32.4 Å². The van der Waals surface area contributed by atoms with Gasteiger partial charge in [0.1, 0.15) is 11.5 Å². The first-order valence-corrected chi connectivity index (χ1v) is 6.34. The monoisotopic (exact) mass is 266 g/mol. The van der Waals surface area contributed by atoms with Crippen molar-refractivity contribution in [2.24, 2.45) is 11.7 Å². The first-order valence-electron chi connectivity index (χ1n) is 6.34. The number of anilines is 1. The molecule has 0 aliphatic heterocycles. The number of rotatable bonds is 7. The fraction of sp³-hybridized carbons (Fsp3) is 0.500. The molecule has 0 spiro atoms. The van der Waals surface area contributed by atoms with E-state index >= 15 is 0 Å². The molecular formula is C14H22N2O3. The largest absolute Gasteiger partial charge is 0.497 e. The zero-order valence-electron chi connectivity index (χ0n) is 11.7. The normalized spacial score (nSPS) is 11.8. The average molecular weight is 266 g/mol. The summed E-state index contributed by atoms with van der Waals surface area (Å²) in [5.41, 5.74) is 6.11. The summed E-state index contributed by atoms with van der Waals surface area (Å²) < 4.78 is 10.3. The van der Waals surface area contributed by atoms with E-state index in [2.05, 4.69) is 5.32 Å². The van der Waals surface area contributed by atoms with Gasteiger partial charge in [0, 0.05) is 29.8 Å². The second kappa shape index (κ2) is 7.63. The van der Waals surface area contributed by atoms with Crippen LogP contribution in [0.3, 0.4) is 0 Å². The Balaban J connectivity index is 2.72. The molecular weight excluding hydrogens is 244 g/mol. The SMILES string of the molecule is COc1cc(NC(=O)C(C)CCCN)cc(OC)c1. The predicted molar refractivity (Wildman–Crippen MR) is 75.6 cm³/mol. The van der Waals surface area contributed by atoms with Gasteiger partial charge in [-0.05, 0) is 19.4 Å². The smallest absolute Gasteiger partial charge is 0.227 e. The molecule has 0 fully saturated rings. The molecule has 1 unspecified atom stereocenters. The summed E-state index contributed by atoms with van der Waals surface area (Å²) in [4.78, 5) is 12.0. The molecule has 106 valence electrons. The minimum absolute atomic E-state index is 0.0243. The van der Waals surface area contributed by atoms with Gasteiger partial charge in [-0.2, -0.15) is 0 Å². The summed E-state index contributed by atoms with van der Waals surface area (Å²) in [5.74, 6) is 1.19. The van der Waals surface area contributed by atoms with E-state index in [1.165, 1.54) is 0 Å². The van der Waals surface area contributed by atoms with Crippen LogP contribution in [0.15, 0.2) is 18.2 Å². The third kappa shape index (κ3) is 4.79. The van der Waals surface area contributed by atoms with Gasteiger partial charge in [-0.3, -0.25) is 4.79 Å². The minimum Gasteiger partial charge on any atom is -0.497 e. The molecule has 1 aromatic rings. The molecule has 0 aliphatic rings. The zero-order valence-corrected chi connectivity index (χ0v) is 11.7. The quantitative estimate of drug-likeness (QED) is 0.792. The van der Waals surface area contributed by atoms with Crippen LogP contribution >= 0.6 is 0 Å². The number of carbonyl (C=O) groups is 1. The van der Waals surface area contributed by atoms with E-state index in [9.17, 15) is 4.79 Å². The van der Waals surface area contributed by atoms with E-state index in [0.29, 0.717) is 23.7 Å². The van der Waals surface area contributed by atoms with Gasteiger partial charge in [0.25, 0.3) is 0 Å². The van der Waals surface area contributed by atoms with Crippen LogP contribution < -0.4 is 20.5 Å². The van der Waals surface area contributed by atoms with E-state index in [-0.39, 0.29) is 11.8 Å². The van der Waals surface area contributed by atoms with Gasteiger partial charge in [-0.25, -0.2) is 0 Å². The molecule has 0 aromatic heterocycles. The van der Waals surface area contributed by atoms with E-state index in [4.69, 9.17) is 15.2 Å². The molecule has 0 aliphatic carbocycles. The molecule has 0 bridgehead atoms. The highest BCUT2D eigenvalue weighted by Crippen LogP contribution is 2.26. The topological polar surface area (TPSA) is 73.6 Å². The van der Waals surface area contributed by atoms with Crippen molar-refractivity contribution in [2.75, 3.05) is 26.1 Å². The van der Waals surface area contributed by atoms with Crippen molar-refractivity contribution in [3.05, 3.63) is 18.2 Å². The van der Waals surface area contributed by atoms with Crippen LogP contribution in [0.1, 0.15) is 19.8 Å². The van der Waals surface area contributed by atoms with Crippen LogP contribution in [0, 0.1) is 5.92 Å². The Morgan fingerprint density at radius 2 is 1.84 bits per heavy atom. The van der Waals surface area contributed by atoms with Crippen molar-refractivity contribution in [3.8, 4) is 11.5 Å². The summed E-state index contributed by atoms with van der Waals surface area (Å²) in [6, 6.07) is 5.28. The highest BCUT2D eigenvalue weighted by Gasteiger charge is 2.13. The second-order valence-electron chi connectivity index (χ2n) is 4.42. The van der Waals surface area contributed by atoms with Crippen molar-refractivity contribution < 1.29 is 14.3 Å². The third-order valence-electron chi connectivity index (χ3n) is 2.91. The van der Waals surface area contributed by atoms with Gasteiger partial charge in [0.15, 0.2) is 0 Å². The summed E-state index contributed by atoms with van der Waals surface area (Å²) in [6.45, 7) is 2.49. The van der Waals surface area contributed by atoms with Crippen LogP contribution in [-0.2, 0) is 4.79 Å². The van der Waals surface area contributed by atoms with Crippen LogP contribution in [0.25, 0.3) is 0 Å². The fourth-order valence-corrected chi connectivity index (χ4v) is 1.70. The lowest BCUT2D eigenvalue weighted by Gasteiger charge is -2.13. The molecule has 0 heterocycles. The van der Waals surface area contributed by atoms with Crippen molar-refractivity contribution in [2.45, 2.75) is 19.8 Å². The number of carbonyl (C=O) groups excluding carboxylic acids is 1. The summed E-state index contributed by atoms with van der Waals surface area (Å²) in [5, 5.41) is 2.86. The number of nitrogens with two attached hydrogens (primary N) is 1. The van der Waals surface area contributed by atoms with Crippen LogP contribution in [-0.4, -0.2) is 26.7 Å². The van der Waals surface area contributed by atoms with E-state index in [0.717, 1.165) is 12.8 Å². The second-order valence-corrected chi connectivity index (χ2v) is 4.42. The van der Waals surface area contributed by atoms with Gasteiger partial charge in [0.2, 0.25) is 5.91 Å². The Morgan fingerprint density at radius 3 is 2.32 bits per heavy atom. The first-order chi connectivity index (χ1) is 9.10. The molecule has 1 atom stereocenters. The molecule has 19 heavy (non-hydrogen) atoms. The number of ether oxygens (including phenoxy) is 2. The Labute approximate surface area is 114 Å². The first kappa shape index (κ1) is 15.3. The van der Waals surface area contributed by atoms with Gasteiger partial charge in [0.05, 0.1) is 14.2 Å². The highest BCUT2D eigenvalue weighted by atomic mass is 16.5. The van der Waals surface area contributed by atoms with Crippen molar-refractivity contribution in [1.29, 1.82) is 0 Å². The Hall–Kier alpha value is -1.75. The maximum Gasteiger partial charge on any atom is 0.227 e. The van der Waals surface area contributed by atoms with Gasteiger partial charge >= 0.3 is 0 Å². The van der Waals surface area contributed by atoms with Crippen molar-refractivity contribution >= 4 is 11.6 Å². The Kier molecular flexibility index (Phi) is 6.15. The van der Waals surface area contributed by atoms with Gasteiger partial charge in [-0.1, -0.05) is 6.92 Å². The molecule has 5 nitrogen and oxygen atoms in total. The van der Waals surface area contributed by atoms with E-state index < -0.39 is 0 Å². The van der Waals surface area contributed by atoms with Crippen molar-refractivity contribution in [1.82, 2.24) is 0 Å². The van der Waals surface area contributed by atoms with Crippen molar-refractivity contribution in [3.63, 3.8) is 0 Å². The third-order valence-corrected chi connectivity index (χ3v) is 2.91. The molecule has 0 saturated heterocycles. The summed E-state index contributed by atoms with van der Waals surface area (Å²) in [6.07, 6.45) is 1.62. The zero-order chi connectivity index (χ0) is 14.3. The maximum atomic E-state index is 12.0. The molecule has 0 radical (unpaired) electrons. The average Bonchev–Trinajstić information content (AvgIpc) is 2.43. The maximum absolute atomic E-state index is 12.0. The number of methoxy groups -OCH3 is 2. The highest BCUT2D eigenvalue weighted by molar-refractivity contribution is 5.92. The number of benzene rings is 1. The predicted octanol–water partition coefficient (Wildman–Crippen LogP) is 2.02. The minimum atomic E-state index is -0.0688.